The fourth-order valence-electron chi connectivity index (χ4n) is 4.07. The fraction of sp³-hybridized carbons (Fsp3) is 0.550. The van der Waals surface area contributed by atoms with E-state index in [4.69, 9.17) is 9.84 Å². The normalized spacial score (nSPS) is 19.6. The summed E-state index contributed by atoms with van der Waals surface area (Å²) >= 11 is 0. The van der Waals surface area contributed by atoms with Crippen LogP contribution < -0.4 is 4.74 Å². The largest absolute Gasteiger partial charge is 0.489 e. The minimum Gasteiger partial charge on any atom is -0.489 e. The summed E-state index contributed by atoms with van der Waals surface area (Å²) in [4.78, 5) is 10.6. The number of ether oxygens (including phenoxy) is 1. The van der Waals surface area contributed by atoms with Gasteiger partial charge in [0.2, 0.25) is 0 Å². The zero-order chi connectivity index (χ0) is 16.1. The standard InChI is InChI=1S/C20H26O3/c21-19(22)10-7-16-5-8-18(9-6-16)23-15-17-4-3-13-20(14-17)11-1-2-12-20/h4-6,8-9H,1-3,7,10-15H2,(H,21,22). The summed E-state index contributed by atoms with van der Waals surface area (Å²) in [6.07, 6.45) is 12.5. The van der Waals surface area contributed by atoms with Crippen LogP contribution in [0.1, 0.15) is 56.9 Å². The Morgan fingerprint density at radius 1 is 1.13 bits per heavy atom. The van der Waals surface area contributed by atoms with Crippen LogP contribution in [-0.2, 0) is 11.2 Å². The average Bonchev–Trinajstić information content (AvgIpc) is 2.99. The number of rotatable bonds is 6. The Hall–Kier alpha value is -1.77. The van der Waals surface area contributed by atoms with Crippen LogP contribution in [-0.4, -0.2) is 17.7 Å². The second-order valence-corrected chi connectivity index (χ2v) is 7.11. The van der Waals surface area contributed by atoms with E-state index in [1.807, 2.05) is 24.3 Å². The summed E-state index contributed by atoms with van der Waals surface area (Å²) in [5.41, 5.74) is 3.07. The molecule has 0 atom stereocenters. The molecule has 0 saturated heterocycles. The molecule has 2 aliphatic rings. The van der Waals surface area contributed by atoms with E-state index in [0.717, 1.165) is 11.3 Å². The summed E-state index contributed by atoms with van der Waals surface area (Å²) in [6, 6.07) is 7.83. The average molecular weight is 314 g/mol. The molecule has 0 unspecified atom stereocenters. The number of hydrogen-bond acceptors (Lipinski definition) is 2. The molecule has 1 saturated carbocycles. The van der Waals surface area contributed by atoms with E-state index in [1.165, 1.54) is 50.5 Å². The van der Waals surface area contributed by atoms with Gasteiger partial charge >= 0.3 is 5.97 Å². The third-order valence-electron chi connectivity index (χ3n) is 5.35. The Balaban J connectivity index is 1.50. The summed E-state index contributed by atoms with van der Waals surface area (Å²) in [7, 11) is 0. The molecule has 3 nitrogen and oxygen atoms in total. The molecule has 2 aliphatic carbocycles. The van der Waals surface area contributed by atoms with E-state index < -0.39 is 5.97 Å². The lowest BCUT2D eigenvalue weighted by atomic mass is 9.73. The van der Waals surface area contributed by atoms with Crippen molar-refractivity contribution in [3.8, 4) is 5.75 Å². The van der Waals surface area contributed by atoms with Gasteiger partial charge in [-0.15, -0.1) is 0 Å². The molecule has 3 rings (SSSR count). The van der Waals surface area contributed by atoms with Crippen LogP contribution in [0.15, 0.2) is 35.9 Å². The smallest absolute Gasteiger partial charge is 0.303 e. The van der Waals surface area contributed by atoms with E-state index in [2.05, 4.69) is 6.08 Å². The molecular weight excluding hydrogens is 288 g/mol. The lowest BCUT2D eigenvalue weighted by Gasteiger charge is -2.33. The van der Waals surface area contributed by atoms with Crippen molar-refractivity contribution in [1.29, 1.82) is 0 Å². The van der Waals surface area contributed by atoms with E-state index in [1.54, 1.807) is 0 Å². The SMILES string of the molecule is O=C(O)CCc1ccc(OCC2=CCCC3(CCCC3)C2)cc1. The Morgan fingerprint density at radius 2 is 1.87 bits per heavy atom. The maximum Gasteiger partial charge on any atom is 0.303 e. The molecule has 23 heavy (non-hydrogen) atoms. The number of aryl methyl sites for hydroxylation is 1. The van der Waals surface area contributed by atoms with Crippen molar-refractivity contribution in [3.63, 3.8) is 0 Å². The highest BCUT2D eigenvalue weighted by atomic mass is 16.5. The summed E-state index contributed by atoms with van der Waals surface area (Å²) < 4.78 is 5.94. The first kappa shape index (κ1) is 16.1. The van der Waals surface area contributed by atoms with Crippen molar-refractivity contribution in [2.75, 3.05) is 6.61 Å². The van der Waals surface area contributed by atoms with Crippen molar-refractivity contribution in [3.05, 3.63) is 41.5 Å². The van der Waals surface area contributed by atoms with E-state index in [-0.39, 0.29) is 6.42 Å². The minimum absolute atomic E-state index is 0.176. The number of hydrogen-bond donors (Lipinski definition) is 1. The Bertz CT molecular complexity index is 565. The highest BCUT2D eigenvalue weighted by Gasteiger charge is 2.35. The predicted octanol–water partition coefficient (Wildman–Crippen LogP) is 4.75. The van der Waals surface area contributed by atoms with Gasteiger partial charge in [0.25, 0.3) is 0 Å². The molecule has 1 spiro atoms. The molecule has 0 aliphatic heterocycles. The first-order chi connectivity index (χ1) is 11.2. The number of aliphatic carboxylic acids is 1. The summed E-state index contributed by atoms with van der Waals surface area (Å²) in [5, 5.41) is 8.71. The van der Waals surface area contributed by atoms with Crippen LogP contribution in [0.3, 0.4) is 0 Å². The van der Waals surface area contributed by atoms with E-state index in [0.29, 0.717) is 18.4 Å². The van der Waals surface area contributed by atoms with E-state index >= 15 is 0 Å². The topological polar surface area (TPSA) is 46.5 Å². The van der Waals surface area contributed by atoms with Crippen molar-refractivity contribution >= 4 is 5.97 Å². The second kappa shape index (κ2) is 7.20. The lowest BCUT2D eigenvalue weighted by molar-refractivity contribution is -0.136. The fourth-order valence-corrected chi connectivity index (χ4v) is 4.07. The number of benzene rings is 1. The van der Waals surface area contributed by atoms with Gasteiger partial charge in [-0.2, -0.15) is 0 Å². The van der Waals surface area contributed by atoms with Crippen LogP contribution in [0.25, 0.3) is 0 Å². The molecular formula is C20H26O3. The molecule has 1 aromatic rings. The van der Waals surface area contributed by atoms with Crippen LogP contribution in [0.4, 0.5) is 0 Å². The van der Waals surface area contributed by atoms with Crippen LogP contribution >= 0.6 is 0 Å². The second-order valence-electron chi connectivity index (χ2n) is 7.11. The van der Waals surface area contributed by atoms with Crippen LogP contribution in [0.2, 0.25) is 0 Å². The lowest BCUT2D eigenvalue weighted by Crippen LogP contribution is -2.22. The Morgan fingerprint density at radius 3 is 2.57 bits per heavy atom. The van der Waals surface area contributed by atoms with Gasteiger partial charge in [0.15, 0.2) is 0 Å². The quantitative estimate of drug-likeness (QED) is 0.770. The summed E-state index contributed by atoms with van der Waals surface area (Å²) in [5.74, 6) is 0.117. The molecule has 0 heterocycles. The molecule has 1 aromatic carbocycles. The number of allylic oxidation sites excluding steroid dienone is 1. The summed E-state index contributed by atoms with van der Waals surface area (Å²) in [6.45, 7) is 0.691. The maximum atomic E-state index is 10.6. The highest BCUT2D eigenvalue weighted by Crippen LogP contribution is 2.48. The first-order valence-electron chi connectivity index (χ1n) is 8.77. The monoisotopic (exact) mass is 314 g/mol. The molecule has 1 N–H and O–H groups in total. The first-order valence-corrected chi connectivity index (χ1v) is 8.77. The third kappa shape index (κ3) is 4.37. The van der Waals surface area contributed by atoms with Gasteiger partial charge in [0.1, 0.15) is 12.4 Å². The van der Waals surface area contributed by atoms with Crippen LogP contribution in [0.5, 0.6) is 5.75 Å². The van der Waals surface area contributed by atoms with Gasteiger partial charge in [-0.25, -0.2) is 0 Å². The van der Waals surface area contributed by atoms with Crippen molar-refractivity contribution < 1.29 is 14.6 Å². The van der Waals surface area contributed by atoms with Gasteiger partial charge < -0.3 is 9.84 Å². The molecule has 0 radical (unpaired) electrons. The number of carboxylic acids is 1. The molecule has 0 bridgehead atoms. The van der Waals surface area contributed by atoms with Gasteiger partial charge in [-0.3, -0.25) is 4.79 Å². The molecule has 124 valence electrons. The maximum absolute atomic E-state index is 10.6. The highest BCUT2D eigenvalue weighted by molar-refractivity contribution is 5.67. The molecule has 3 heteroatoms. The van der Waals surface area contributed by atoms with E-state index in [9.17, 15) is 4.79 Å². The molecule has 0 amide bonds. The zero-order valence-electron chi connectivity index (χ0n) is 13.7. The predicted molar refractivity (Wildman–Crippen MR) is 90.7 cm³/mol. The van der Waals surface area contributed by atoms with Crippen LogP contribution in [0, 0.1) is 5.41 Å². The Labute approximate surface area is 138 Å². The van der Waals surface area contributed by atoms with Crippen molar-refractivity contribution in [2.45, 2.75) is 57.8 Å². The van der Waals surface area contributed by atoms with Gasteiger partial charge in [0.05, 0.1) is 0 Å². The van der Waals surface area contributed by atoms with Crippen molar-refractivity contribution in [2.24, 2.45) is 5.41 Å². The molecule has 1 fully saturated rings. The van der Waals surface area contributed by atoms with Gasteiger partial charge in [-0.05, 0) is 67.2 Å². The number of carbonyl (C=O) groups is 1. The number of carboxylic acid groups (broad SMARTS) is 1. The Kier molecular flexibility index (Phi) is 5.04. The van der Waals surface area contributed by atoms with Crippen molar-refractivity contribution in [1.82, 2.24) is 0 Å². The molecule has 0 aromatic heterocycles. The van der Waals surface area contributed by atoms with Gasteiger partial charge in [-0.1, -0.05) is 31.1 Å². The zero-order valence-corrected chi connectivity index (χ0v) is 13.7. The minimum atomic E-state index is -0.754. The van der Waals surface area contributed by atoms with Gasteiger partial charge in [0, 0.05) is 6.42 Å². The third-order valence-corrected chi connectivity index (χ3v) is 5.35.